The molecule has 3 fully saturated rings. The van der Waals surface area contributed by atoms with E-state index in [0.29, 0.717) is 12.1 Å². The molecule has 5 heteroatoms. The number of likely N-dealkylation sites (tertiary alicyclic amines) is 1. The summed E-state index contributed by atoms with van der Waals surface area (Å²) in [5, 5.41) is 2.13. The van der Waals surface area contributed by atoms with E-state index in [1.165, 1.54) is 18.4 Å². The van der Waals surface area contributed by atoms with Crippen LogP contribution in [0.3, 0.4) is 0 Å². The van der Waals surface area contributed by atoms with Crippen molar-refractivity contribution in [3.63, 3.8) is 0 Å². The van der Waals surface area contributed by atoms with Crippen LogP contribution in [0.15, 0.2) is 11.4 Å². The van der Waals surface area contributed by atoms with Crippen LogP contribution in [0, 0.1) is 5.92 Å². The van der Waals surface area contributed by atoms with Gasteiger partial charge in [0.1, 0.15) is 0 Å². The monoisotopic (exact) mass is 363 g/mol. The van der Waals surface area contributed by atoms with Crippen LogP contribution < -0.4 is 0 Å². The highest BCUT2D eigenvalue weighted by molar-refractivity contribution is 7.12. The van der Waals surface area contributed by atoms with Gasteiger partial charge in [-0.05, 0) is 68.4 Å². The van der Waals surface area contributed by atoms with Crippen molar-refractivity contribution in [1.29, 1.82) is 0 Å². The van der Waals surface area contributed by atoms with E-state index < -0.39 is 0 Å². The minimum atomic E-state index is -0.00112. The number of thiophene rings is 1. The molecule has 0 amide bonds. The summed E-state index contributed by atoms with van der Waals surface area (Å²) in [7, 11) is 1.88. The number of ketones is 1. The molecule has 1 aromatic rings. The molecular formula is C20H29NO3S. The number of nitrogens with zero attached hydrogens (tertiary/aromatic N) is 1. The minimum Gasteiger partial charge on any atom is -0.378 e. The standard InChI is InChI=1S/C20H29NO3S/c1-14(22)18-9-16(13-25-18)11-21-8-7-20(23-2)6-5-17(10-19(20)21)24-12-15-3-4-15/h9,13,15,17,19H,3-8,10-12H2,1-2H3/t17-,19-,20+/m0/s1. The summed E-state index contributed by atoms with van der Waals surface area (Å²) >= 11 is 1.56. The lowest BCUT2D eigenvalue weighted by Gasteiger charge is -2.43. The van der Waals surface area contributed by atoms with Crippen molar-refractivity contribution in [1.82, 2.24) is 4.90 Å². The zero-order valence-corrected chi connectivity index (χ0v) is 16.1. The predicted molar refractivity (Wildman–Crippen MR) is 99.2 cm³/mol. The van der Waals surface area contributed by atoms with Gasteiger partial charge in [0, 0.05) is 32.8 Å². The summed E-state index contributed by atoms with van der Waals surface area (Å²) in [4.78, 5) is 15.0. The van der Waals surface area contributed by atoms with Crippen LogP contribution in [-0.2, 0) is 16.0 Å². The van der Waals surface area contributed by atoms with Crippen LogP contribution in [0.5, 0.6) is 0 Å². The van der Waals surface area contributed by atoms with Crippen molar-refractivity contribution >= 4 is 17.1 Å². The quantitative estimate of drug-likeness (QED) is 0.689. The highest BCUT2D eigenvalue weighted by Crippen LogP contribution is 2.44. The summed E-state index contributed by atoms with van der Waals surface area (Å²) in [5.74, 6) is 0.986. The van der Waals surface area contributed by atoms with Crippen LogP contribution in [0.4, 0.5) is 0 Å². The van der Waals surface area contributed by atoms with Gasteiger partial charge < -0.3 is 9.47 Å². The van der Waals surface area contributed by atoms with Crippen molar-refractivity contribution in [2.75, 3.05) is 20.3 Å². The Morgan fingerprint density at radius 2 is 2.20 bits per heavy atom. The van der Waals surface area contributed by atoms with E-state index in [1.807, 2.05) is 7.11 Å². The molecule has 4 nitrogen and oxygen atoms in total. The fraction of sp³-hybridized carbons (Fsp3) is 0.750. The number of Topliss-reactive ketones (excluding diaryl/α,β-unsaturated/α-hetero) is 1. The lowest BCUT2D eigenvalue weighted by Crippen LogP contribution is -2.51. The number of ether oxygens (including phenoxy) is 2. The second kappa shape index (κ2) is 7.10. The molecule has 1 saturated heterocycles. The normalized spacial score (nSPS) is 32.7. The Labute approximate surface area is 154 Å². The topological polar surface area (TPSA) is 38.8 Å². The summed E-state index contributed by atoms with van der Waals surface area (Å²) in [5.41, 5.74) is 1.25. The lowest BCUT2D eigenvalue weighted by atomic mass is 9.79. The average Bonchev–Trinajstić information content (AvgIpc) is 3.21. The number of hydrogen-bond acceptors (Lipinski definition) is 5. The number of fused-ring (bicyclic) bond motifs is 1. The van der Waals surface area contributed by atoms with Crippen LogP contribution >= 0.6 is 11.3 Å². The number of rotatable bonds is 7. The number of hydrogen-bond donors (Lipinski definition) is 0. The van der Waals surface area contributed by atoms with Gasteiger partial charge >= 0.3 is 0 Å². The first kappa shape index (κ1) is 17.7. The van der Waals surface area contributed by atoms with Gasteiger partial charge in [0.25, 0.3) is 0 Å². The third-order valence-electron chi connectivity index (χ3n) is 6.30. The molecule has 0 spiro atoms. The molecular weight excluding hydrogens is 334 g/mol. The first-order chi connectivity index (χ1) is 12.1. The maximum atomic E-state index is 11.6. The van der Waals surface area contributed by atoms with Gasteiger partial charge in [-0.2, -0.15) is 0 Å². The van der Waals surface area contributed by atoms with Gasteiger partial charge in [-0.25, -0.2) is 0 Å². The van der Waals surface area contributed by atoms with Crippen LogP contribution in [0.1, 0.15) is 60.7 Å². The zero-order chi connectivity index (χ0) is 17.4. The fourth-order valence-electron chi connectivity index (χ4n) is 4.53. The van der Waals surface area contributed by atoms with E-state index >= 15 is 0 Å². The molecule has 1 aromatic heterocycles. The van der Waals surface area contributed by atoms with Crippen molar-refractivity contribution in [3.8, 4) is 0 Å². The number of carbonyl (C=O) groups is 1. The molecule has 0 N–H and O–H groups in total. The summed E-state index contributed by atoms with van der Waals surface area (Å²) in [6, 6.07) is 2.49. The second-order valence-corrected chi connectivity index (χ2v) is 8.96. The molecule has 0 unspecified atom stereocenters. The van der Waals surface area contributed by atoms with Gasteiger partial charge in [-0.3, -0.25) is 9.69 Å². The largest absolute Gasteiger partial charge is 0.378 e. The molecule has 4 rings (SSSR count). The lowest BCUT2D eigenvalue weighted by molar-refractivity contribution is -0.103. The highest BCUT2D eigenvalue weighted by atomic mass is 32.1. The van der Waals surface area contributed by atoms with Crippen molar-refractivity contribution in [2.45, 2.75) is 69.7 Å². The Balaban J connectivity index is 1.43. The number of carbonyl (C=O) groups excluding carboxylic acids is 1. The molecule has 138 valence electrons. The maximum absolute atomic E-state index is 11.6. The van der Waals surface area contributed by atoms with Gasteiger partial charge in [0.05, 0.1) is 16.6 Å². The third-order valence-corrected chi connectivity index (χ3v) is 7.38. The molecule has 3 atom stereocenters. The van der Waals surface area contributed by atoms with Gasteiger partial charge in [-0.1, -0.05) is 0 Å². The third kappa shape index (κ3) is 3.70. The molecule has 1 aliphatic heterocycles. The van der Waals surface area contributed by atoms with Crippen molar-refractivity contribution in [3.05, 3.63) is 21.9 Å². The van der Waals surface area contributed by atoms with E-state index in [1.54, 1.807) is 18.3 Å². The van der Waals surface area contributed by atoms with Crippen LogP contribution in [0.25, 0.3) is 0 Å². The summed E-state index contributed by atoms with van der Waals surface area (Å²) in [6.07, 6.45) is 7.48. The Kier molecular flexibility index (Phi) is 5.02. The Morgan fingerprint density at radius 3 is 2.88 bits per heavy atom. The molecule has 2 heterocycles. The van der Waals surface area contributed by atoms with Gasteiger partial charge in [0.2, 0.25) is 0 Å². The molecule has 0 bridgehead atoms. The van der Waals surface area contributed by atoms with E-state index in [-0.39, 0.29) is 11.4 Å². The van der Waals surface area contributed by atoms with Crippen LogP contribution in [-0.4, -0.2) is 48.7 Å². The van der Waals surface area contributed by atoms with E-state index in [9.17, 15) is 4.79 Å². The Morgan fingerprint density at radius 1 is 1.36 bits per heavy atom. The van der Waals surface area contributed by atoms with Crippen molar-refractivity contribution in [2.24, 2.45) is 5.92 Å². The van der Waals surface area contributed by atoms with Gasteiger partial charge in [0.15, 0.2) is 5.78 Å². The molecule has 2 aliphatic carbocycles. The molecule has 2 saturated carbocycles. The van der Waals surface area contributed by atoms with Crippen LogP contribution in [0.2, 0.25) is 0 Å². The predicted octanol–water partition coefficient (Wildman–Crippen LogP) is 3.89. The van der Waals surface area contributed by atoms with E-state index in [4.69, 9.17) is 9.47 Å². The first-order valence-electron chi connectivity index (χ1n) is 9.59. The molecule has 0 radical (unpaired) electrons. The second-order valence-electron chi connectivity index (χ2n) is 8.05. The number of methoxy groups -OCH3 is 1. The first-order valence-corrected chi connectivity index (χ1v) is 10.5. The average molecular weight is 364 g/mol. The molecule has 3 aliphatic rings. The maximum Gasteiger partial charge on any atom is 0.169 e. The fourth-order valence-corrected chi connectivity index (χ4v) is 5.34. The zero-order valence-electron chi connectivity index (χ0n) is 15.3. The molecule has 0 aromatic carbocycles. The molecule has 25 heavy (non-hydrogen) atoms. The highest BCUT2D eigenvalue weighted by Gasteiger charge is 2.51. The summed E-state index contributed by atoms with van der Waals surface area (Å²) in [6.45, 7) is 4.57. The Bertz CT molecular complexity index is 626. The Hall–Kier alpha value is -0.750. The summed E-state index contributed by atoms with van der Waals surface area (Å²) < 4.78 is 12.3. The van der Waals surface area contributed by atoms with Gasteiger partial charge in [-0.15, -0.1) is 11.3 Å². The van der Waals surface area contributed by atoms with E-state index in [0.717, 1.165) is 56.2 Å². The minimum absolute atomic E-state index is 0.00112. The van der Waals surface area contributed by atoms with Crippen molar-refractivity contribution < 1.29 is 14.3 Å². The van der Waals surface area contributed by atoms with E-state index in [2.05, 4.69) is 16.3 Å². The SMILES string of the molecule is CO[C@@]12CC[C@H](OCC3CC3)C[C@@H]1N(Cc1csc(C(C)=O)c1)CC2. The smallest absolute Gasteiger partial charge is 0.169 e.